The quantitative estimate of drug-likeness (QED) is 0.183. The van der Waals surface area contributed by atoms with E-state index in [1.54, 1.807) is 0 Å². The van der Waals surface area contributed by atoms with E-state index in [-0.39, 0.29) is 46.5 Å². The van der Waals surface area contributed by atoms with Crippen LogP contribution in [0.2, 0.25) is 0 Å². The summed E-state index contributed by atoms with van der Waals surface area (Å²) in [5, 5.41) is 0. The number of fused-ring (bicyclic) bond motifs is 3. The van der Waals surface area contributed by atoms with Gasteiger partial charge in [0.2, 0.25) is 0 Å². The maximum atomic E-state index is 3.53. The molecule has 0 spiro atoms. The Morgan fingerprint density at radius 2 is 1.00 bits per heavy atom. The molecule has 0 unspecified atom stereocenters. The predicted molar refractivity (Wildman–Crippen MR) is 206 cm³/mol. The molecule has 3 heteroatoms. The summed E-state index contributed by atoms with van der Waals surface area (Å²) in [4.78, 5) is 0. The standard InChI is InChI=1S/C21H25.C21H26.C5H5.2ClH.Zr/c1-20(2,3)16-9-7-14-11-15-8-10-17(21(4,5)6)13-19(15)18(14)12-16;1-20(2,3)18-11-7-16(8-12-18)15-17-9-13-19(14-10-17)21(4,5)6;1-2-4-5-3-1;;;/h7,9-10,12-13H,11H2,1-6H3;7-14H,1-6H3;1-3H,4H2;2*1H;/q-1;;-1;;;+2/p-2. The average molecular weight is 783 g/mol. The zero-order valence-electron chi connectivity index (χ0n) is 32.4. The zero-order chi connectivity index (χ0) is 35.5. The summed E-state index contributed by atoms with van der Waals surface area (Å²) in [5.41, 5.74) is 14.7. The minimum absolute atomic E-state index is 0. The molecule has 4 aromatic carbocycles. The van der Waals surface area contributed by atoms with Crippen molar-refractivity contribution in [2.45, 2.75) is 118 Å². The van der Waals surface area contributed by atoms with E-state index < -0.39 is 0 Å². The number of benzene rings is 4. The molecule has 0 fully saturated rings. The fraction of sp³-hybridized carbons (Fsp3) is 0.383. The van der Waals surface area contributed by atoms with Crippen molar-refractivity contribution >= 4 is 3.21 Å². The van der Waals surface area contributed by atoms with Crippen molar-refractivity contribution in [1.29, 1.82) is 0 Å². The van der Waals surface area contributed by atoms with E-state index in [0.29, 0.717) is 0 Å². The molecule has 4 aromatic rings. The van der Waals surface area contributed by atoms with Gasteiger partial charge in [-0.05, 0) is 17.4 Å². The third-order valence-electron chi connectivity index (χ3n) is 9.19. The van der Waals surface area contributed by atoms with Crippen molar-refractivity contribution in [3.63, 3.8) is 0 Å². The maximum absolute atomic E-state index is 3.53. The minimum atomic E-state index is 0. The van der Waals surface area contributed by atoms with Gasteiger partial charge < -0.3 is 24.8 Å². The van der Waals surface area contributed by atoms with Gasteiger partial charge in [-0.1, -0.05) is 76.3 Å². The van der Waals surface area contributed by atoms with E-state index in [9.17, 15) is 0 Å². The molecule has 0 amide bonds. The number of rotatable bonds is 2. The van der Waals surface area contributed by atoms with Crippen LogP contribution >= 0.6 is 0 Å². The molecule has 0 saturated heterocycles. The predicted octanol–water partition coefficient (Wildman–Crippen LogP) is 6.36. The van der Waals surface area contributed by atoms with Gasteiger partial charge in [0.05, 0.1) is 0 Å². The van der Waals surface area contributed by atoms with Gasteiger partial charge in [0.25, 0.3) is 0 Å². The summed E-state index contributed by atoms with van der Waals surface area (Å²) in [6, 6.07) is 33.2. The molecular formula is C47H56Cl2Zr-2. The van der Waals surface area contributed by atoms with Crippen LogP contribution in [-0.4, -0.2) is 3.21 Å². The molecule has 0 heterocycles. The van der Waals surface area contributed by atoms with Crippen molar-refractivity contribution in [2.75, 3.05) is 0 Å². The van der Waals surface area contributed by atoms with Crippen molar-refractivity contribution < 1.29 is 49.0 Å². The Labute approximate surface area is 332 Å². The number of halogens is 2. The van der Waals surface area contributed by atoms with Gasteiger partial charge in [0.15, 0.2) is 0 Å². The normalized spacial score (nSPS) is 13.1. The third-order valence-corrected chi connectivity index (χ3v) is 10.6. The fourth-order valence-electron chi connectivity index (χ4n) is 5.77. The van der Waals surface area contributed by atoms with Gasteiger partial charge in [-0.2, -0.15) is 35.4 Å². The molecule has 50 heavy (non-hydrogen) atoms. The summed E-state index contributed by atoms with van der Waals surface area (Å²) in [7, 11) is 0. The molecule has 264 valence electrons. The molecular weight excluding hydrogens is 727 g/mol. The summed E-state index contributed by atoms with van der Waals surface area (Å²) in [6.07, 6.45) is 11.0. The smallest absolute Gasteiger partial charge is 0.109 e. The third kappa shape index (κ3) is 11.6. The first-order valence-electron chi connectivity index (χ1n) is 17.5. The Balaban J connectivity index is 0.000000293. The van der Waals surface area contributed by atoms with Crippen molar-refractivity contribution in [1.82, 2.24) is 0 Å². The van der Waals surface area contributed by atoms with Crippen LogP contribution in [0, 0.1) is 12.1 Å². The second-order valence-electron chi connectivity index (χ2n) is 17.4. The molecule has 0 N–H and O–H groups in total. The van der Waals surface area contributed by atoms with Crippen LogP contribution < -0.4 is 24.8 Å². The minimum Gasteiger partial charge on any atom is -1.00 e. The summed E-state index contributed by atoms with van der Waals surface area (Å²) >= 11 is 1.46. The van der Waals surface area contributed by atoms with Crippen molar-refractivity contribution in [3.8, 4) is 11.1 Å². The summed E-state index contributed by atoms with van der Waals surface area (Å²) in [5.74, 6) is 0. The topological polar surface area (TPSA) is 0 Å². The number of allylic oxidation sites excluding steroid dienone is 4. The van der Waals surface area contributed by atoms with E-state index in [4.69, 9.17) is 0 Å². The average Bonchev–Trinajstić information content (AvgIpc) is 3.71. The Bertz CT molecular complexity index is 1650. The van der Waals surface area contributed by atoms with E-state index in [1.807, 2.05) is 12.2 Å². The summed E-state index contributed by atoms with van der Waals surface area (Å²) in [6.45, 7) is 27.2. The fourth-order valence-corrected chi connectivity index (χ4v) is 6.58. The maximum Gasteiger partial charge on any atom is -0.109 e. The van der Waals surface area contributed by atoms with Gasteiger partial charge in [0, 0.05) is 0 Å². The second-order valence-corrected chi connectivity index (χ2v) is 18.6. The Hall–Kier alpha value is -2.31. The first kappa shape index (κ1) is 43.9. The van der Waals surface area contributed by atoms with Gasteiger partial charge in [-0.25, -0.2) is 12.2 Å². The van der Waals surface area contributed by atoms with E-state index in [2.05, 4.69) is 180 Å². The molecule has 0 radical (unpaired) electrons. The van der Waals surface area contributed by atoms with Crippen molar-refractivity contribution in [2.24, 2.45) is 0 Å². The van der Waals surface area contributed by atoms with Crippen LogP contribution in [0.4, 0.5) is 0 Å². The molecule has 0 saturated carbocycles. The summed E-state index contributed by atoms with van der Waals surface area (Å²) < 4.78 is 1.42. The van der Waals surface area contributed by atoms with Gasteiger partial charge in [-0.3, -0.25) is 6.08 Å². The van der Waals surface area contributed by atoms with Crippen LogP contribution in [0.3, 0.4) is 0 Å². The number of hydrogen-bond acceptors (Lipinski definition) is 0. The van der Waals surface area contributed by atoms with E-state index in [1.165, 1.54) is 83.1 Å². The van der Waals surface area contributed by atoms with Gasteiger partial charge >= 0.3 is 151 Å². The van der Waals surface area contributed by atoms with Crippen LogP contribution in [0.15, 0.2) is 97.1 Å². The molecule has 0 bridgehead atoms. The van der Waals surface area contributed by atoms with Crippen molar-refractivity contribution in [3.05, 3.63) is 154 Å². The molecule has 2 aliphatic carbocycles. The molecule has 0 atom stereocenters. The first-order chi connectivity index (χ1) is 22.2. The molecule has 0 aliphatic heterocycles. The monoisotopic (exact) mass is 780 g/mol. The number of hydrogen-bond donors (Lipinski definition) is 0. The SMILES string of the molecule is CC(C)(C)c1c[c-]c2c(c1)-c1cc(C(C)(C)C)ccc1C2.CC(C)(C)c1ccc([C](=[Zr+2])c2ccc(C(C)(C)C)cc2)cc1.[C-]1=CC=CC1.[Cl-].[Cl-]. The first-order valence-corrected chi connectivity index (χ1v) is 18.7. The van der Waals surface area contributed by atoms with E-state index >= 15 is 0 Å². The largest absolute Gasteiger partial charge is 1.00 e. The zero-order valence-corrected chi connectivity index (χ0v) is 36.4. The Morgan fingerprint density at radius 1 is 0.560 bits per heavy atom. The Kier molecular flexibility index (Phi) is 15.3. The molecule has 0 nitrogen and oxygen atoms in total. The van der Waals surface area contributed by atoms with Crippen LogP contribution in [0.1, 0.15) is 134 Å². The molecule has 0 aromatic heterocycles. The van der Waals surface area contributed by atoms with Gasteiger partial charge in [0.1, 0.15) is 0 Å². The van der Waals surface area contributed by atoms with Crippen LogP contribution in [-0.2, 0) is 52.3 Å². The van der Waals surface area contributed by atoms with Crippen LogP contribution in [0.25, 0.3) is 11.1 Å². The van der Waals surface area contributed by atoms with E-state index in [0.717, 1.165) is 12.8 Å². The van der Waals surface area contributed by atoms with Gasteiger partial charge in [-0.15, -0.1) is 12.0 Å². The molecule has 6 rings (SSSR count). The Morgan fingerprint density at radius 3 is 1.38 bits per heavy atom. The second kappa shape index (κ2) is 17.5. The van der Waals surface area contributed by atoms with Crippen LogP contribution in [0.5, 0.6) is 0 Å². The molecule has 2 aliphatic rings.